The SMILES string of the molecule is c1ccc(-c2nc(-c3cccc4c3sc3ccccc34)nc(-c3cccc4oc5ccc(-c6ccc7c8ccccc8c8ccccc8c7c6)cc5c34)n2)cc1. The Bertz CT molecular complexity index is 3510. The maximum absolute atomic E-state index is 6.53. The number of nitrogens with zero attached hydrogens (tertiary/aromatic N) is 3. The van der Waals surface area contributed by atoms with E-state index in [9.17, 15) is 0 Å². The van der Waals surface area contributed by atoms with Crippen LogP contribution < -0.4 is 0 Å². The monoisotopic (exact) mass is 731 g/mol. The van der Waals surface area contributed by atoms with E-state index in [4.69, 9.17) is 19.4 Å². The number of rotatable bonds is 4. The minimum absolute atomic E-state index is 0.606. The van der Waals surface area contributed by atoms with Crippen LogP contribution in [0.25, 0.3) is 120 Å². The van der Waals surface area contributed by atoms with Crippen molar-refractivity contribution in [2.45, 2.75) is 0 Å². The summed E-state index contributed by atoms with van der Waals surface area (Å²) < 4.78 is 8.94. The first kappa shape index (κ1) is 31.2. The van der Waals surface area contributed by atoms with E-state index in [0.29, 0.717) is 17.5 Å². The van der Waals surface area contributed by atoms with Crippen LogP contribution in [0.2, 0.25) is 0 Å². The van der Waals surface area contributed by atoms with Crippen molar-refractivity contribution in [3.63, 3.8) is 0 Å². The van der Waals surface area contributed by atoms with Crippen molar-refractivity contribution in [2.24, 2.45) is 0 Å². The molecule has 4 nitrogen and oxygen atoms in total. The van der Waals surface area contributed by atoms with Crippen LogP contribution in [-0.4, -0.2) is 15.0 Å². The largest absolute Gasteiger partial charge is 0.456 e. The van der Waals surface area contributed by atoms with Gasteiger partial charge in [0.25, 0.3) is 0 Å². The Kier molecular flexibility index (Phi) is 6.76. The summed E-state index contributed by atoms with van der Waals surface area (Å²) in [6.45, 7) is 0. The molecule has 0 bridgehead atoms. The molecule has 0 aliphatic heterocycles. The number of thiophene rings is 1. The Morgan fingerprint density at radius 3 is 1.66 bits per heavy atom. The highest BCUT2D eigenvalue weighted by Gasteiger charge is 2.20. The first-order chi connectivity index (χ1) is 27.7. The van der Waals surface area contributed by atoms with Gasteiger partial charge in [0.05, 0.1) is 0 Å². The normalized spacial score (nSPS) is 11.9. The van der Waals surface area contributed by atoms with Crippen LogP contribution in [0.3, 0.4) is 0 Å². The lowest BCUT2D eigenvalue weighted by atomic mass is 9.92. The first-order valence-electron chi connectivity index (χ1n) is 18.8. The predicted octanol–water partition coefficient (Wildman–Crippen LogP) is 14.3. The molecule has 0 atom stereocenters. The molecule has 0 saturated heterocycles. The second-order valence-electron chi connectivity index (χ2n) is 14.3. The van der Waals surface area contributed by atoms with Gasteiger partial charge in [0, 0.05) is 47.6 Å². The molecular formula is C51H29N3OS. The Morgan fingerprint density at radius 1 is 0.339 bits per heavy atom. The summed E-state index contributed by atoms with van der Waals surface area (Å²) >= 11 is 1.78. The fraction of sp³-hybridized carbons (Fsp3) is 0. The number of aromatic nitrogens is 3. The topological polar surface area (TPSA) is 51.8 Å². The van der Waals surface area contributed by atoms with Gasteiger partial charge in [0.1, 0.15) is 11.2 Å². The van der Waals surface area contributed by atoms with Gasteiger partial charge in [-0.1, -0.05) is 140 Å². The number of fused-ring (bicyclic) bond motifs is 12. The lowest BCUT2D eigenvalue weighted by Crippen LogP contribution is -2.00. The predicted molar refractivity (Wildman–Crippen MR) is 234 cm³/mol. The maximum Gasteiger partial charge on any atom is 0.165 e. The highest BCUT2D eigenvalue weighted by molar-refractivity contribution is 7.26. The van der Waals surface area contributed by atoms with Gasteiger partial charge < -0.3 is 4.42 Å². The number of hydrogen-bond acceptors (Lipinski definition) is 5. The molecule has 12 rings (SSSR count). The maximum atomic E-state index is 6.53. The van der Waals surface area contributed by atoms with Gasteiger partial charge in [-0.15, -0.1) is 11.3 Å². The van der Waals surface area contributed by atoms with Gasteiger partial charge in [0.15, 0.2) is 17.5 Å². The highest BCUT2D eigenvalue weighted by atomic mass is 32.1. The van der Waals surface area contributed by atoms with E-state index < -0.39 is 0 Å². The summed E-state index contributed by atoms with van der Waals surface area (Å²) in [6, 6.07) is 62.1. The van der Waals surface area contributed by atoms with Gasteiger partial charge in [-0.3, -0.25) is 0 Å². The number of benzene rings is 9. The Hall–Kier alpha value is -7.21. The first-order valence-corrected chi connectivity index (χ1v) is 19.6. The fourth-order valence-electron chi connectivity index (χ4n) is 8.54. The summed E-state index contributed by atoms with van der Waals surface area (Å²) in [6.07, 6.45) is 0. The Balaban J connectivity index is 1.07. The van der Waals surface area contributed by atoms with E-state index in [1.54, 1.807) is 11.3 Å². The van der Waals surface area contributed by atoms with Gasteiger partial charge >= 0.3 is 0 Å². The summed E-state index contributed by atoms with van der Waals surface area (Å²) in [5.74, 6) is 1.88. The summed E-state index contributed by atoms with van der Waals surface area (Å²) in [4.78, 5) is 15.6. The van der Waals surface area contributed by atoms with Crippen LogP contribution in [0.4, 0.5) is 0 Å². The molecule has 260 valence electrons. The van der Waals surface area contributed by atoms with Crippen LogP contribution in [0.1, 0.15) is 0 Å². The van der Waals surface area contributed by atoms with Crippen molar-refractivity contribution in [1.82, 2.24) is 15.0 Å². The zero-order valence-electron chi connectivity index (χ0n) is 29.9. The van der Waals surface area contributed by atoms with Crippen molar-refractivity contribution in [1.29, 1.82) is 0 Å². The zero-order valence-corrected chi connectivity index (χ0v) is 30.7. The molecule has 12 aromatic rings. The van der Waals surface area contributed by atoms with Gasteiger partial charge in [0.2, 0.25) is 0 Å². The van der Waals surface area contributed by atoms with E-state index >= 15 is 0 Å². The quantitative estimate of drug-likeness (QED) is 0.169. The molecule has 0 amide bonds. The van der Waals surface area contributed by atoms with Crippen molar-refractivity contribution in [3.05, 3.63) is 176 Å². The van der Waals surface area contributed by atoms with Crippen molar-refractivity contribution < 1.29 is 4.42 Å². The lowest BCUT2D eigenvalue weighted by molar-refractivity contribution is 0.669. The Morgan fingerprint density at radius 2 is 0.893 bits per heavy atom. The molecule has 0 radical (unpaired) electrons. The second-order valence-corrected chi connectivity index (χ2v) is 15.3. The molecule has 0 fully saturated rings. The molecule has 0 saturated carbocycles. The van der Waals surface area contributed by atoms with E-state index in [-0.39, 0.29) is 0 Å². The molecule has 56 heavy (non-hydrogen) atoms. The van der Waals surface area contributed by atoms with Crippen LogP contribution in [0, 0.1) is 0 Å². The summed E-state index contributed by atoms with van der Waals surface area (Å²) in [5.41, 5.74) is 6.71. The van der Waals surface area contributed by atoms with Crippen LogP contribution in [0.15, 0.2) is 180 Å². The molecule has 3 heterocycles. The molecule has 0 spiro atoms. The zero-order chi connectivity index (χ0) is 36.7. The third-order valence-electron chi connectivity index (χ3n) is 11.1. The van der Waals surface area contributed by atoms with E-state index in [0.717, 1.165) is 54.5 Å². The molecule has 0 N–H and O–H groups in total. The third kappa shape index (κ3) is 4.75. The van der Waals surface area contributed by atoms with E-state index in [1.165, 1.54) is 47.8 Å². The molecule has 0 aliphatic rings. The summed E-state index contributed by atoms with van der Waals surface area (Å²) in [5, 5.41) is 12.0. The van der Waals surface area contributed by atoms with Gasteiger partial charge in [-0.25, -0.2) is 15.0 Å². The average Bonchev–Trinajstić information content (AvgIpc) is 3.85. The second kappa shape index (κ2) is 12.2. The smallest absolute Gasteiger partial charge is 0.165 e. The van der Waals surface area contributed by atoms with Crippen LogP contribution in [-0.2, 0) is 0 Å². The number of hydrogen-bond donors (Lipinski definition) is 0. The van der Waals surface area contributed by atoms with Crippen molar-refractivity contribution in [3.8, 4) is 45.3 Å². The standard InChI is InChI=1S/C51H29N3OS/c1-2-12-30(13-3-1)49-52-50(54-51(53-49)41-21-10-19-39-38-18-8-9-23-46(38)56-48(39)41)40-20-11-22-45-47(40)43-29-32(25-27-44(43)55-45)31-24-26-37-35-16-5-4-14-33(35)34-15-6-7-17-36(34)42(37)28-31/h1-29H. The number of furan rings is 1. The highest BCUT2D eigenvalue weighted by Crippen LogP contribution is 2.42. The Labute approximate surface area is 325 Å². The average molecular weight is 732 g/mol. The van der Waals surface area contributed by atoms with Gasteiger partial charge in [-0.05, 0) is 79.8 Å². The minimum atomic E-state index is 0.606. The minimum Gasteiger partial charge on any atom is -0.456 e. The summed E-state index contributed by atoms with van der Waals surface area (Å²) in [7, 11) is 0. The van der Waals surface area contributed by atoms with E-state index in [1.807, 2.05) is 30.3 Å². The van der Waals surface area contributed by atoms with Crippen molar-refractivity contribution >= 4 is 85.8 Å². The molecule has 0 unspecified atom stereocenters. The molecule has 5 heteroatoms. The van der Waals surface area contributed by atoms with E-state index in [2.05, 4.69) is 146 Å². The molecule has 3 aromatic heterocycles. The van der Waals surface area contributed by atoms with Gasteiger partial charge in [-0.2, -0.15) is 0 Å². The fourth-order valence-corrected chi connectivity index (χ4v) is 9.75. The molecule has 0 aliphatic carbocycles. The van der Waals surface area contributed by atoms with Crippen LogP contribution in [0.5, 0.6) is 0 Å². The molecular weight excluding hydrogens is 703 g/mol. The lowest BCUT2D eigenvalue weighted by Gasteiger charge is -2.12. The van der Waals surface area contributed by atoms with Crippen molar-refractivity contribution in [2.75, 3.05) is 0 Å². The van der Waals surface area contributed by atoms with Crippen LogP contribution >= 0.6 is 11.3 Å². The molecule has 9 aromatic carbocycles. The third-order valence-corrected chi connectivity index (χ3v) is 12.3.